The van der Waals surface area contributed by atoms with E-state index in [-0.39, 0.29) is 10.6 Å². The zero-order chi connectivity index (χ0) is 23.5. The lowest BCUT2D eigenvalue weighted by Gasteiger charge is -2.27. The van der Waals surface area contributed by atoms with Crippen LogP contribution in [0, 0.1) is 13.8 Å². The SMILES string of the molecule is COc1cccc(OC(C)C(=O)N(c2cc(C)ccc2C)S(=O)(=O)c2ccc(Cl)cc2)c1. The maximum Gasteiger partial charge on any atom is 0.281 e. The van der Waals surface area contributed by atoms with Crippen LogP contribution in [0.15, 0.2) is 71.6 Å². The molecule has 1 atom stereocenters. The van der Waals surface area contributed by atoms with Crippen LogP contribution < -0.4 is 13.8 Å². The van der Waals surface area contributed by atoms with Crippen molar-refractivity contribution in [3.05, 3.63) is 82.9 Å². The van der Waals surface area contributed by atoms with E-state index in [1.54, 1.807) is 43.3 Å². The van der Waals surface area contributed by atoms with E-state index in [0.29, 0.717) is 22.1 Å². The first kappa shape index (κ1) is 23.6. The van der Waals surface area contributed by atoms with Gasteiger partial charge in [0.15, 0.2) is 6.10 Å². The van der Waals surface area contributed by atoms with E-state index in [0.717, 1.165) is 9.87 Å². The third-order valence-electron chi connectivity index (χ3n) is 4.84. The number of rotatable bonds is 7. The van der Waals surface area contributed by atoms with E-state index < -0.39 is 22.0 Å². The average molecular weight is 474 g/mol. The van der Waals surface area contributed by atoms with Gasteiger partial charge in [-0.25, -0.2) is 8.42 Å². The van der Waals surface area contributed by atoms with Crippen LogP contribution in [-0.2, 0) is 14.8 Å². The van der Waals surface area contributed by atoms with Gasteiger partial charge in [-0.05, 0) is 74.4 Å². The summed E-state index contributed by atoms with van der Waals surface area (Å²) >= 11 is 5.93. The molecule has 3 aromatic rings. The number of methoxy groups -OCH3 is 1. The Balaban J connectivity index is 2.06. The van der Waals surface area contributed by atoms with Crippen LogP contribution in [0.25, 0.3) is 0 Å². The standard InChI is InChI=1S/C24H24ClNO5S/c1-16-8-9-17(2)23(14-16)26(32(28,29)22-12-10-19(25)11-13-22)24(27)18(3)31-21-7-5-6-20(15-21)30-4/h5-15,18H,1-4H3. The molecule has 0 heterocycles. The Morgan fingerprint density at radius 1 is 0.969 bits per heavy atom. The number of ether oxygens (including phenoxy) is 2. The van der Waals surface area contributed by atoms with Gasteiger partial charge in [0.05, 0.1) is 17.7 Å². The van der Waals surface area contributed by atoms with Crippen LogP contribution >= 0.6 is 11.6 Å². The van der Waals surface area contributed by atoms with Crippen LogP contribution in [0.1, 0.15) is 18.1 Å². The van der Waals surface area contributed by atoms with Gasteiger partial charge >= 0.3 is 0 Å². The summed E-state index contributed by atoms with van der Waals surface area (Å²) < 4.78 is 39.0. The van der Waals surface area contributed by atoms with Crippen molar-refractivity contribution >= 4 is 33.2 Å². The van der Waals surface area contributed by atoms with Gasteiger partial charge in [0.25, 0.3) is 15.9 Å². The molecule has 0 radical (unpaired) electrons. The number of anilines is 1. The molecule has 6 nitrogen and oxygen atoms in total. The lowest BCUT2D eigenvalue weighted by Crippen LogP contribution is -2.44. The number of aryl methyl sites for hydroxylation is 2. The maximum atomic E-state index is 13.6. The first-order chi connectivity index (χ1) is 15.1. The Hall–Kier alpha value is -3.03. The molecule has 0 saturated heterocycles. The molecule has 3 aromatic carbocycles. The van der Waals surface area contributed by atoms with Crippen molar-refractivity contribution in [2.24, 2.45) is 0 Å². The van der Waals surface area contributed by atoms with Gasteiger partial charge in [-0.1, -0.05) is 29.8 Å². The number of sulfonamides is 1. The van der Waals surface area contributed by atoms with Crippen molar-refractivity contribution in [2.75, 3.05) is 11.4 Å². The monoisotopic (exact) mass is 473 g/mol. The summed E-state index contributed by atoms with van der Waals surface area (Å²) in [5.74, 6) is 0.216. The number of benzene rings is 3. The summed E-state index contributed by atoms with van der Waals surface area (Å²) in [6.07, 6.45) is -1.09. The second-order valence-electron chi connectivity index (χ2n) is 7.29. The van der Waals surface area contributed by atoms with E-state index in [1.807, 2.05) is 13.0 Å². The molecule has 168 valence electrons. The van der Waals surface area contributed by atoms with Crippen LogP contribution in [-0.4, -0.2) is 27.5 Å². The van der Waals surface area contributed by atoms with Gasteiger partial charge in [-0.3, -0.25) is 4.79 Å². The molecule has 0 spiro atoms. The number of hydrogen-bond donors (Lipinski definition) is 0. The Labute approximate surface area is 193 Å². The molecule has 0 aliphatic carbocycles. The second-order valence-corrected chi connectivity index (χ2v) is 9.51. The van der Waals surface area contributed by atoms with Gasteiger partial charge in [0.2, 0.25) is 0 Å². The molecule has 32 heavy (non-hydrogen) atoms. The van der Waals surface area contributed by atoms with Gasteiger partial charge < -0.3 is 9.47 Å². The minimum atomic E-state index is -4.24. The number of nitrogens with zero attached hydrogens (tertiary/aromatic N) is 1. The highest BCUT2D eigenvalue weighted by Crippen LogP contribution is 2.30. The predicted octanol–water partition coefficient (Wildman–Crippen LogP) is 5.15. The third-order valence-corrected chi connectivity index (χ3v) is 6.81. The number of hydrogen-bond acceptors (Lipinski definition) is 5. The minimum Gasteiger partial charge on any atom is -0.497 e. The fourth-order valence-electron chi connectivity index (χ4n) is 3.11. The van der Waals surface area contributed by atoms with Crippen molar-refractivity contribution in [2.45, 2.75) is 31.8 Å². The number of carbonyl (C=O) groups excluding carboxylic acids is 1. The highest BCUT2D eigenvalue weighted by molar-refractivity contribution is 7.93. The Bertz CT molecular complexity index is 1230. The van der Waals surface area contributed by atoms with Gasteiger partial charge in [-0.15, -0.1) is 0 Å². The Morgan fingerprint density at radius 2 is 1.62 bits per heavy atom. The summed E-state index contributed by atoms with van der Waals surface area (Å²) in [4.78, 5) is 13.5. The molecule has 1 amide bonds. The largest absolute Gasteiger partial charge is 0.497 e. The van der Waals surface area contributed by atoms with E-state index in [1.165, 1.54) is 38.3 Å². The average Bonchev–Trinajstić information content (AvgIpc) is 2.76. The van der Waals surface area contributed by atoms with Crippen LogP contribution in [0.4, 0.5) is 5.69 Å². The third kappa shape index (κ3) is 5.06. The summed E-state index contributed by atoms with van der Waals surface area (Å²) in [7, 11) is -2.72. The Morgan fingerprint density at radius 3 is 2.28 bits per heavy atom. The molecular formula is C24H24ClNO5S. The smallest absolute Gasteiger partial charge is 0.281 e. The Kier molecular flexibility index (Phi) is 7.11. The molecule has 0 fully saturated rings. The van der Waals surface area contributed by atoms with E-state index in [4.69, 9.17) is 21.1 Å². The fourth-order valence-corrected chi connectivity index (χ4v) is 4.77. The molecule has 8 heteroatoms. The summed E-state index contributed by atoms with van der Waals surface area (Å²) in [5.41, 5.74) is 1.72. The van der Waals surface area contributed by atoms with Gasteiger partial charge in [-0.2, -0.15) is 4.31 Å². The van der Waals surface area contributed by atoms with Crippen molar-refractivity contribution in [3.63, 3.8) is 0 Å². The quantitative estimate of drug-likeness (QED) is 0.474. The van der Waals surface area contributed by atoms with Gasteiger partial charge in [0.1, 0.15) is 11.5 Å². The van der Waals surface area contributed by atoms with Crippen LogP contribution in [0.3, 0.4) is 0 Å². The number of carbonyl (C=O) groups is 1. The zero-order valence-corrected chi connectivity index (χ0v) is 19.8. The molecule has 0 aliphatic rings. The molecule has 0 bridgehead atoms. The fraction of sp³-hybridized carbons (Fsp3) is 0.208. The van der Waals surface area contributed by atoms with Crippen molar-refractivity contribution in [1.82, 2.24) is 0 Å². The molecule has 0 aromatic heterocycles. The topological polar surface area (TPSA) is 72.9 Å². The minimum absolute atomic E-state index is 0.0512. The highest BCUT2D eigenvalue weighted by Gasteiger charge is 2.35. The van der Waals surface area contributed by atoms with Crippen LogP contribution in [0.5, 0.6) is 11.5 Å². The number of halogens is 1. The molecule has 1 unspecified atom stereocenters. The maximum absolute atomic E-state index is 13.6. The molecular weight excluding hydrogens is 450 g/mol. The lowest BCUT2D eigenvalue weighted by molar-refractivity contribution is -0.123. The van der Waals surface area contributed by atoms with E-state index in [9.17, 15) is 13.2 Å². The molecule has 0 aliphatic heterocycles. The molecule has 0 saturated carbocycles. The van der Waals surface area contributed by atoms with Crippen molar-refractivity contribution < 1.29 is 22.7 Å². The van der Waals surface area contributed by atoms with E-state index >= 15 is 0 Å². The summed E-state index contributed by atoms with van der Waals surface area (Å²) in [6.45, 7) is 5.09. The first-order valence-corrected chi connectivity index (χ1v) is 11.7. The first-order valence-electron chi connectivity index (χ1n) is 9.86. The predicted molar refractivity (Wildman–Crippen MR) is 125 cm³/mol. The normalized spacial score (nSPS) is 12.2. The van der Waals surface area contributed by atoms with E-state index in [2.05, 4.69) is 0 Å². The summed E-state index contributed by atoms with van der Waals surface area (Å²) in [6, 6.07) is 17.7. The van der Waals surface area contributed by atoms with Crippen LogP contribution in [0.2, 0.25) is 5.02 Å². The van der Waals surface area contributed by atoms with Crippen molar-refractivity contribution in [1.29, 1.82) is 0 Å². The number of amides is 1. The summed E-state index contributed by atoms with van der Waals surface area (Å²) in [5, 5.41) is 0.392. The second kappa shape index (κ2) is 9.63. The lowest BCUT2D eigenvalue weighted by atomic mass is 10.1. The molecule has 3 rings (SSSR count). The zero-order valence-electron chi connectivity index (χ0n) is 18.2. The van der Waals surface area contributed by atoms with Crippen molar-refractivity contribution in [3.8, 4) is 11.5 Å². The van der Waals surface area contributed by atoms with Gasteiger partial charge in [0, 0.05) is 11.1 Å². The highest BCUT2D eigenvalue weighted by atomic mass is 35.5. The molecule has 0 N–H and O–H groups in total.